The van der Waals surface area contributed by atoms with E-state index in [9.17, 15) is 0 Å². The minimum absolute atomic E-state index is 0.0826. The van der Waals surface area contributed by atoms with Crippen LogP contribution in [0.3, 0.4) is 0 Å². The molecule has 3 heteroatoms. The van der Waals surface area contributed by atoms with Crippen molar-refractivity contribution < 1.29 is 4.42 Å². The largest absolute Gasteiger partial charge is 0.472 e. The topological polar surface area (TPSA) is 51.2 Å². The molecule has 0 amide bonds. The van der Waals surface area contributed by atoms with Gasteiger partial charge in [0.25, 0.3) is 0 Å². The van der Waals surface area contributed by atoms with Crippen molar-refractivity contribution >= 4 is 0 Å². The quantitative estimate of drug-likeness (QED) is 0.653. The molecule has 0 bridgehead atoms. The number of furan rings is 1. The maximum atomic E-state index is 5.62. The molecule has 3 N–H and O–H groups in total. The van der Waals surface area contributed by atoms with E-state index in [1.54, 1.807) is 12.5 Å². The number of hydrogen-bond acceptors (Lipinski definition) is 3. The van der Waals surface area contributed by atoms with Crippen LogP contribution in [0.4, 0.5) is 0 Å². The van der Waals surface area contributed by atoms with Gasteiger partial charge in [0.2, 0.25) is 0 Å². The van der Waals surface area contributed by atoms with E-state index < -0.39 is 0 Å². The fraction of sp³-hybridized carbons (Fsp3) is 0.375. The Bertz CT molecular complexity index is 495. The van der Waals surface area contributed by atoms with Crippen LogP contribution in [0.15, 0.2) is 47.3 Å². The van der Waals surface area contributed by atoms with Gasteiger partial charge in [-0.3, -0.25) is 11.3 Å². The Hall–Kier alpha value is -1.58. The van der Waals surface area contributed by atoms with Crippen LogP contribution in [-0.4, -0.2) is 0 Å². The summed E-state index contributed by atoms with van der Waals surface area (Å²) in [5.41, 5.74) is 6.70. The number of rotatable bonds is 4. The molecule has 1 heterocycles. The van der Waals surface area contributed by atoms with Gasteiger partial charge in [-0.15, -0.1) is 0 Å². The molecule has 3 nitrogen and oxygen atoms in total. The van der Waals surface area contributed by atoms with Gasteiger partial charge in [-0.2, -0.15) is 0 Å². The molecule has 0 aliphatic heterocycles. The van der Waals surface area contributed by atoms with Crippen LogP contribution in [0, 0.1) is 0 Å². The number of hydrazine groups is 1. The summed E-state index contributed by atoms with van der Waals surface area (Å²) in [6.07, 6.45) is 4.25. The van der Waals surface area contributed by atoms with Gasteiger partial charge in [-0.1, -0.05) is 45.0 Å². The average molecular weight is 258 g/mol. The molecule has 2 rings (SSSR count). The van der Waals surface area contributed by atoms with E-state index in [1.165, 1.54) is 11.1 Å². The molecular formula is C16H22N2O. The van der Waals surface area contributed by atoms with Crippen molar-refractivity contribution in [1.82, 2.24) is 5.43 Å². The number of hydrogen-bond donors (Lipinski definition) is 2. The van der Waals surface area contributed by atoms with Gasteiger partial charge in [0.1, 0.15) is 0 Å². The van der Waals surface area contributed by atoms with E-state index >= 15 is 0 Å². The highest BCUT2D eigenvalue weighted by Crippen LogP contribution is 2.24. The van der Waals surface area contributed by atoms with E-state index in [4.69, 9.17) is 10.3 Å². The predicted octanol–water partition coefficient (Wildman–Crippen LogP) is 3.32. The maximum Gasteiger partial charge on any atom is 0.0950 e. The molecule has 1 unspecified atom stereocenters. The minimum atomic E-state index is 0.0826. The van der Waals surface area contributed by atoms with Crippen molar-refractivity contribution in [1.29, 1.82) is 0 Å². The van der Waals surface area contributed by atoms with Crippen molar-refractivity contribution in [3.8, 4) is 0 Å². The zero-order valence-electron chi connectivity index (χ0n) is 11.8. The van der Waals surface area contributed by atoms with E-state index in [-0.39, 0.29) is 11.5 Å². The third-order valence-electron chi connectivity index (χ3n) is 3.41. The van der Waals surface area contributed by atoms with Crippen LogP contribution < -0.4 is 11.3 Å². The smallest absolute Gasteiger partial charge is 0.0950 e. The second-order valence-corrected chi connectivity index (χ2v) is 5.93. The number of nitrogens with two attached hydrogens (primary N) is 1. The molecule has 1 atom stereocenters. The normalized spacial score (nSPS) is 13.5. The molecular weight excluding hydrogens is 236 g/mol. The zero-order valence-corrected chi connectivity index (χ0v) is 11.8. The maximum absolute atomic E-state index is 5.62. The fourth-order valence-corrected chi connectivity index (χ4v) is 2.12. The Morgan fingerprint density at radius 1 is 1.16 bits per heavy atom. The Labute approximate surface area is 114 Å². The SMILES string of the molecule is CC(C)(C)c1ccc(CC(NN)c2ccoc2)cc1. The zero-order chi connectivity index (χ0) is 13.9. The summed E-state index contributed by atoms with van der Waals surface area (Å²) < 4.78 is 5.10. The first-order valence-electron chi connectivity index (χ1n) is 6.58. The highest BCUT2D eigenvalue weighted by atomic mass is 16.3. The molecule has 2 aromatic rings. The van der Waals surface area contributed by atoms with Gasteiger partial charge in [-0.05, 0) is 29.0 Å². The highest BCUT2D eigenvalue weighted by Gasteiger charge is 2.15. The summed E-state index contributed by atoms with van der Waals surface area (Å²) >= 11 is 0. The molecule has 0 spiro atoms. The summed E-state index contributed by atoms with van der Waals surface area (Å²) in [5.74, 6) is 5.62. The van der Waals surface area contributed by atoms with Crippen LogP contribution >= 0.6 is 0 Å². The van der Waals surface area contributed by atoms with Crippen molar-refractivity contribution in [2.45, 2.75) is 38.6 Å². The Balaban J connectivity index is 2.11. The second-order valence-electron chi connectivity index (χ2n) is 5.93. The summed E-state index contributed by atoms with van der Waals surface area (Å²) in [5, 5.41) is 0. The second kappa shape index (κ2) is 5.59. The fourth-order valence-electron chi connectivity index (χ4n) is 2.12. The van der Waals surface area contributed by atoms with E-state index in [1.807, 2.05) is 6.07 Å². The molecule has 0 saturated carbocycles. The summed E-state index contributed by atoms with van der Waals surface area (Å²) in [7, 11) is 0. The van der Waals surface area contributed by atoms with Gasteiger partial charge >= 0.3 is 0 Å². The standard InChI is InChI=1S/C16H22N2O/c1-16(2,3)14-6-4-12(5-7-14)10-15(18-17)13-8-9-19-11-13/h4-9,11,15,18H,10,17H2,1-3H3. The first-order chi connectivity index (χ1) is 9.00. The van der Waals surface area contributed by atoms with Gasteiger partial charge in [0, 0.05) is 5.56 Å². The molecule has 19 heavy (non-hydrogen) atoms. The van der Waals surface area contributed by atoms with Crippen molar-refractivity contribution in [2.24, 2.45) is 5.84 Å². The predicted molar refractivity (Wildman–Crippen MR) is 77.6 cm³/mol. The van der Waals surface area contributed by atoms with E-state index in [0.717, 1.165) is 12.0 Å². The van der Waals surface area contributed by atoms with Crippen molar-refractivity contribution in [3.63, 3.8) is 0 Å². The first-order valence-corrected chi connectivity index (χ1v) is 6.58. The third kappa shape index (κ3) is 3.46. The van der Waals surface area contributed by atoms with Crippen molar-refractivity contribution in [3.05, 3.63) is 59.5 Å². The minimum Gasteiger partial charge on any atom is -0.472 e. The molecule has 0 aliphatic carbocycles. The Kier molecular flexibility index (Phi) is 4.08. The van der Waals surface area contributed by atoms with Gasteiger partial charge < -0.3 is 4.42 Å². The summed E-state index contributed by atoms with van der Waals surface area (Å²) in [6.45, 7) is 6.66. The number of benzene rings is 1. The van der Waals surface area contributed by atoms with Gasteiger partial charge in [0.15, 0.2) is 0 Å². The lowest BCUT2D eigenvalue weighted by Gasteiger charge is -2.20. The molecule has 102 valence electrons. The lowest BCUT2D eigenvalue weighted by atomic mass is 9.86. The Morgan fingerprint density at radius 3 is 2.32 bits per heavy atom. The molecule has 0 saturated heterocycles. The molecule has 0 fully saturated rings. The van der Waals surface area contributed by atoms with E-state index in [2.05, 4.69) is 50.5 Å². The third-order valence-corrected chi connectivity index (χ3v) is 3.41. The van der Waals surface area contributed by atoms with Gasteiger partial charge in [0.05, 0.1) is 18.6 Å². The van der Waals surface area contributed by atoms with Crippen LogP contribution in [0.25, 0.3) is 0 Å². The Morgan fingerprint density at radius 2 is 1.84 bits per heavy atom. The highest BCUT2D eigenvalue weighted by molar-refractivity contribution is 5.29. The van der Waals surface area contributed by atoms with Crippen LogP contribution in [0.5, 0.6) is 0 Å². The van der Waals surface area contributed by atoms with Gasteiger partial charge in [-0.25, -0.2) is 0 Å². The number of nitrogens with one attached hydrogen (secondary N) is 1. The summed E-state index contributed by atoms with van der Waals surface area (Å²) in [4.78, 5) is 0. The lowest BCUT2D eigenvalue weighted by molar-refractivity contribution is 0.525. The lowest BCUT2D eigenvalue weighted by Crippen LogP contribution is -2.29. The molecule has 0 aliphatic rings. The molecule has 0 radical (unpaired) electrons. The van der Waals surface area contributed by atoms with Crippen LogP contribution in [0.2, 0.25) is 0 Å². The monoisotopic (exact) mass is 258 g/mol. The molecule has 1 aromatic heterocycles. The molecule has 1 aromatic carbocycles. The van der Waals surface area contributed by atoms with Crippen molar-refractivity contribution in [2.75, 3.05) is 0 Å². The van der Waals surface area contributed by atoms with Crippen LogP contribution in [0.1, 0.15) is 43.5 Å². The van der Waals surface area contributed by atoms with Crippen LogP contribution in [-0.2, 0) is 11.8 Å². The summed E-state index contributed by atoms with van der Waals surface area (Å²) in [6, 6.07) is 10.7. The van der Waals surface area contributed by atoms with E-state index in [0.29, 0.717) is 0 Å². The first kappa shape index (κ1) is 13.8. The average Bonchev–Trinajstić information content (AvgIpc) is 2.89.